The molecule has 0 amide bonds. The topological polar surface area (TPSA) is 65.2 Å². The average Bonchev–Trinajstić information content (AvgIpc) is 3.19. The number of carbonyl (C=O) groups excluding carboxylic acids is 1. The molecule has 24 heavy (non-hydrogen) atoms. The lowest BCUT2D eigenvalue weighted by atomic mass is 10.2. The normalized spacial score (nSPS) is 10.8. The van der Waals surface area contributed by atoms with Gasteiger partial charge in [0.05, 0.1) is 16.3 Å². The minimum atomic E-state index is -0.373. The number of aryl methyl sites for hydroxylation is 2. The fourth-order valence-corrected chi connectivity index (χ4v) is 3.54. The average molecular weight is 360 g/mol. The van der Waals surface area contributed by atoms with Gasteiger partial charge in [-0.2, -0.15) is 0 Å². The molecule has 0 aliphatic rings. The van der Waals surface area contributed by atoms with E-state index in [0.717, 1.165) is 21.3 Å². The van der Waals surface area contributed by atoms with E-state index in [1.807, 2.05) is 19.1 Å². The molecule has 0 saturated carbocycles. The van der Waals surface area contributed by atoms with E-state index in [-0.39, 0.29) is 12.6 Å². The second-order valence-electron chi connectivity index (χ2n) is 5.18. The first-order chi connectivity index (χ1) is 11.6. The smallest absolute Gasteiger partial charge is 0.338 e. The molecule has 5 nitrogen and oxygen atoms in total. The number of esters is 1. The van der Waals surface area contributed by atoms with Crippen molar-refractivity contribution in [2.75, 3.05) is 0 Å². The molecule has 0 saturated heterocycles. The van der Waals surface area contributed by atoms with Gasteiger partial charge in [0.25, 0.3) is 0 Å². The molecule has 0 radical (unpaired) electrons. The van der Waals surface area contributed by atoms with Gasteiger partial charge in [0.1, 0.15) is 18.1 Å². The van der Waals surface area contributed by atoms with Crippen LogP contribution in [-0.2, 0) is 17.1 Å². The Morgan fingerprint density at radius 3 is 2.67 bits per heavy atom. The number of hydrogen-bond donors (Lipinski definition) is 0. The SMILES string of the molecule is Cc1cc(COC(=O)c2ccc(SCc3csc(C)n3)cc2)no1. The van der Waals surface area contributed by atoms with Gasteiger partial charge < -0.3 is 9.26 Å². The zero-order valence-corrected chi connectivity index (χ0v) is 14.9. The van der Waals surface area contributed by atoms with Gasteiger partial charge in [-0.25, -0.2) is 9.78 Å². The van der Waals surface area contributed by atoms with E-state index in [1.54, 1.807) is 48.2 Å². The minimum Gasteiger partial charge on any atom is -0.455 e. The lowest BCUT2D eigenvalue weighted by Crippen LogP contribution is -2.05. The zero-order chi connectivity index (χ0) is 16.9. The number of aromatic nitrogens is 2. The largest absolute Gasteiger partial charge is 0.455 e. The first-order valence-electron chi connectivity index (χ1n) is 7.33. The standard InChI is InChI=1S/C17H16N2O3S2/c1-11-7-14(19-22-11)8-21-17(20)13-3-5-16(6-4-13)24-10-15-9-23-12(2)18-15/h3-7,9H,8,10H2,1-2H3. The molecule has 3 rings (SSSR count). The van der Waals surface area contributed by atoms with Gasteiger partial charge in [0.2, 0.25) is 0 Å². The van der Waals surface area contributed by atoms with Crippen molar-refractivity contribution in [3.05, 3.63) is 63.4 Å². The van der Waals surface area contributed by atoms with Gasteiger partial charge in [-0.05, 0) is 38.1 Å². The van der Waals surface area contributed by atoms with Gasteiger partial charge in [-0.1, -0.05) is 5.16 Å². The maximum absolute atomic E-state index is 12.0. The van der Waals surface area contributed by atoms with Crippen LogP contribution in [0.15, 0.2) is 45.1 Å². The highest BCUT2D eigenvalue weighted by atomic mass is 32.2. The van der Waals surface area contributed by atoms with Crippen molar-refractivity contribution in [1.82, 2.24) is 10.1 Å². The first kappa shape index (κ1) is 16.7. The summed E-state index contributed by atoms with van der Waals surface area (Å²) in [5.41, 5.74) is 2.20. The maximum atomic E-state index is 12.0. The fourth-order valence-electron chi connectivity index (χ4n) is 2.03. The molecule has 0 aliphatic heterocycles. The summed E-state index contributed by atoms with van der Waals surface area (Å²) in [5.74, 6) is 1.14. The van der Waals surface area contributed by atoms with Crippen molar-refractivity contribution in [2.45, 2.75) is 31.1 Å². The summed E-state index contributed by atoms with van der Waals surface area (Å²) in [4.78, 5) is 17.5. The van der Waals surface area contributed by atoms with Crippen LogP contribution in [-0.4, -0.2) is 16.1 Å². The van der Waals surface area contributed by atoms with E-state index in [4.69, 9.17) is 9.26 Å². The molecule has 0 N–H and O–H groups in total. The Balaban J connectivity index is 1.52. The van der Waals surface area contributed by atoms with E-state index in [9.17, 15) is 4.79 Å². The van der Waals surface area contributed by atoms with Gasteiger partial charge in [0.15, 0.2) is 0 Å². The number of carbonyl (C=O) groups is 1. The van der Waals surface area contributed by atoms with Crippen molar-refractivity contribution in [3.63, 3.8) is 0 Å². The zero-order valence-electron chi connectivity index (χ0n) is 13.3. The van der Waals surface area contributed by atoms with E-state index >= 15 is 0 Å². The van der Waals surface area contributed by atoms with Crippen molar-refractivity contribution in [3.8, 4) is 0 Å². The summed E-state index contributed by atoms with van der Waals surface area (Å²) in [7, 11) is 0. The van der Waals surface area contributed by atoms with Crippen molar-refractivity contribution in [2.24, 2.45) is 0 Å². The highest BCUT2D eigenvalue weighted by molar-refractivity contribution is 7.98. The van der Waals surface area contributed by atoms with Crippen LogP contribution in [0, 0.1) is 13.8 Å². The molecule has 0 aliphatic carbocycles. The molecule has 124 valence electrons. The number of hydrogen-bond acceptors (Lipinski definition) is 7. The van der Waals surface area contributed by atoms with Crippen LogP contribution in [0.4, 0.5) is 0 Å². The summed E-state index contributed by atoms with van der Waals surface area (Å²) in [6, 6.07) is 9.12. The highest BCUT2D eigenvalue weighted by Crippen LogP contribution is 2.24. The van der Waals surface area contributed by atoms with Crippen LogP contribution >= 0.6 is 23.1 Å². The predicted octanol–water partition coefficient (Wildman–Crippen LogP) is 4.40. The summed E-state index contributed by atoms with van der Waals surface area (Å²) < 4.78 is 10.2. The summed E-state index contributed by atoms with van der Waals surface area (Å²) in [6.45, 7) is 3.90. The number of rotatable bonds is 6. The van der Waals surface area contributed by atoms with E-state index in [0.29, 0.717) is 17.0 Å². The van der Waals surface area contributed by atoms with Gasteiger partial charge in [-0.15, -0.1) is 23.1 Å². The molecule has 0 spiro atoms. The van der Waals surface area contributed by atoms with Crippen molar-refractivity contribution >= 4 is 29.1 Å². The number of nitrogens with zero attached hydrogens (tertiary/aromatic N) is 2. The quantitative estimate of drug-likeness (QED) is 0.479. The number of thioether (sulfide) groups is 1. The number of ether oxygens (including phenoxy) is 1. The third kappa shape index (κ3) is 4.46. The monoisotopic (exact) mass is 360 g/mol. The van der Waals surface area contributed by atoms with Crippen molar-refractivity contribution < 1.29 is 14.1 Å². The number of thiazole rings is 1. The second kappa shape index (κ2) is 7.63. The van der Waals surface area contributed by atoms with E-state index in [1.165, 1.54) is 0 Å². The molecular weight excluding hydrogens is 344 g/mol. The van der Waals surface area contributed by atoms with Crippen LogP contribution in [0.25, 0.3) is 0 Å². The Bertz CT molecular complexity index is 824. The molecule has 0 bridgehead atoms. The Morgan fingerprint density at radius 2 is 2.04 bits per heavy atom. The number of benzene rings is 1. The van der Waals surface area contributed by atoms with Crippen LogP contribution < -0.4 is 0 Å². The third-order valence-corrected chi connectivity index (χ3v) is 5.04. The maximum Gasteiger partial charge on any atom is 0.338 e. The Hall–Kier alpha value is -2.12. The molecule has 0 fully saturated rings. The summed E-state index contributed by atoms with van der Waals surface area (Å²) in [5, 5.41) is 6.93. The molecule has 2 heterocycles. The third-order valence-electron chi connectivity index (χ3n) is 3.17. The second-order valence-corrected chi connectivity index (χ2v) is 7.29. The Kier molecular flexibility index (Phi) is 5.32. The van der Waals surface area contributed by atoms with E-state index < -0.39 is 0 Å². The molecular formula is C17H16N2O3S2. The summed E-state index contributed by atoms with van der Waals surface area (Å²) >= 11 is 3.34. The van der Waals surface area contributed by atoms with Crippen LogP contribution in [0.5, 0.6) is 0 Å². The fraction of sp³-hybridized carbons (Fsp3) is 0.235. The Labute approximate surface area is 148 Å². The van der Waals surface area contributed by atoms with Gasteiger partial charge >= 0.3 is 5.97 Å². The van der Waals surface area contributed by atoms with Crippen molar-refractivity contribution in [1.29, 1.82) is 0 Å². The van der Waals surface area contributed by atoms with E-state index in [2.05, 4.69) is 15.5 Å². The van der Waals surface area contributed by atoms with Gasteiger partial charge in [-0.3, -0.25) is 0 Å². The molecule has 2 aromatic heterocycles. The lowest BCUT2D eigenvalue weighted by molar-refractivity contribution is 0.0464. The minimum absolute atomic E-state index is 0.107. The van der Waals surface area contributed by atoms with Crippen LogP contribution in [0.1, 0.15) is 32.5 Å². The lowest BCUT2D eigenvalue weighted by Gasteiger charge is -2.04. The molecule has 7 heteroatoms. The molecule has 0 atom stereocenters. The molecule has 0 unspecified atom stereocenters. The molecule has 1 aromatic carbocycles. The van der Waals surface area contributed by atoms with Crippen LogP contribution in [0.2, 0.25) is 0 Å². The highest BCUT2D eigenvalue weighted by Gasteiger charge is 2.09. The Morgan fingerprint density at radius 1 is 1.25 bits per heavy atom. The molecule has 3 aromatic rings. The van der Waals surface area contributed by atoms with Crippen LogP contribution in [0.3, 0.4) is 0 Å². The van der Waals surface area contributed by atoms with Gasteiger partial charge in [0, 0.05) is 22.1 Å². The first-order valence-corrected chi connectivity index (χ1v) is 9.20. The predicted molar refractivity (Wildman–Crippen MR) is 93.2 cm³/mol. The summed E-state index contributed by atoms with van der Waals surface area (Å²) in [6.07, 6.45) is 0.